The predicted molar refractivity (Wildman–Crippen MR) is 71.0 cm³/mol. The molecule has 2 rings (SSSR count). The molecule has 1 aliphatic heterocycles. The molecule has 0 aliphatic carbocycles. The van der Waals surface area contributed by atoms with Crippen molar-refractivity contribution in [3.63, 3.8) is 0 Å². The zero-order chi connectivity index (χ0) is 12.1. The molecular weight excluding hydrogens is 234 g/mol. The van der Waals surface area contributed by atoms with E-state index in [-0.39, 0.29) is 6.61 Å². The van der Waals surface area contributed by atoms with Gasteiger partial charge in [-0.2, -0.15) is 0 Å². The molecule has 1 aliphatic rings. The van der Waals surface area contributed by atoms with E-state index in [2.05, 4.69) is 17.3 Å². The Morgan fingerprint density at radius 1 is 1.41 bits per heavy atom. The monoisotopic (exact) mass is 251 g/mol. The molecule has 1 unspecified atom stereocenters. The third-order valence-corrected chi connectivity index (χ3v) is 4.03. The number of oxime groups is 1. The van der Waals surface area contributed by atoms with E-state index >= 15 is 0 Å². The Kier molecular flexibility index (Phi) is 4.07. The minimum Gasteiger partial charge on any atom is -0.392 e. The Morgan fingerprint density at radius 3 is 2.76 bits per heavy atom. The fraction of sp³-hybridized carbons (Fsp3) is 0.462. The molecular formula is C13H17NO2S. The van der Waals surface area contributed by atoms with Crippen molar-refractivity contribution >= 4 is 16.8 Å². The van der Waals surface area contributed by atoms with Crippen molar-refractivity contribution < 1.29 is 9.94 Å². The van der Waals surface area contributed by atoms with Crippen LogP contribution in [0.4, 0.5) is 0 Å². The van der Waals surface area contributed by atoms with E-state index in [1.807, 2.05) is 25.1 Å². The molecule has 1 N–H and O–H groups in total. The average molecular weight is 251 g/mol. The summed E-state index contributed by atoms with van der Waals surface area (Å²) in [7, 11) is 0. The maximum atomic E-state index is 9.31. The summed E-state index contributed by atoms with van der Waals surface area (Å²) in [6, 6.07) is 10.3. The number of thioether (sulfide) groups is 1. The van der Waals surface area contributed by atoms with Gasteiger partial charge in [-0.1, -0.05) is 42.4 Å². The summed E-state index contributed by atoms with van der Waals surface area (Å²) >= 11 is 1.68. The molecule has 0 radical (unpaired) electrons. The van der Waals surface area contributed by atoms with Crippen LogP contribution in [0.5, 0.6) is 0 Å². The van der Waals surface area contributed by atoms with E-state index < -0.39 is 5.60 Å². The number of hydrogen-bond donors (Lipinski definition) is 1. The molecule has 3 nitrogen and oxygen atoms in total. The molecule has 1 atom stereocenters. The lowest BCUT2D eigenvalue weighted by Gasteiger charge is -2.21. The molecule has 1 heterocycles. The summed E-state index contributed by atoms with van der Waals surface area (Å²) in [5.74, 6) is 0.897. The Bertz CT molecular complexity index is 388. The van der Waals surface area contributed by atoms with Crippen LogP contribution >= 0.6 is 11.8 Å². The van der Waals surface area contributed by atoms with Crippen molar-refractivity contribution in [3.8, 4) is 0 Å². The molecule has 1 aromatic rings. The van der Waals surface area contributed by atoms with Crippen LogP contribution in [0.25, 0.3) is 0 Å². The summed E-state index contributed by atoms with van der Waals surface area (Å²) < 4.78 is 0. The highest BCUT2D eigenvalue weighted by atomic mass is 32.2. The topological polar surface area (TPSA) is 41.8 Å². The van der Waals surface area contributed by atoms with Gasteiger partial charge in [0.15, 0.2) is 5.60 Å². The van der Waals surface area contributed by atoms with Crippen molar-refractivity contribution in [2.24, 2.45) is 5.16 Å². The van der Waals surface area contributed by atoms with Crippen LogP contribution < -0.4 is 0 Å². The summed E-state index contributed by atoms with van der Waals surface area (Å²) in [6.45, 7) is 2.04. The first-order valence-corrected chi connectivity index (χ1v) is 6.79. The van der Waals surface area contributed by atoms with Gasteiger partial charge in [-0.15, -0.1) is 11.8 Å². The number of hydrogen-bond acceptors (Lipinski definition) is 4. The molecule has 0 aromatic heterocycles. The van der Waals surface area contributed by atoms with Crippen molar-refractivity contribution in [3.05, 3.63) is 35.9 Å². The number of aliphatic hydroxyl groups excluding tert-OH is 1. The van der Waals surface area contributed by atoms with Gasteiger partial charge < -0.3 is 9.94 Å². The van der Waals surface area contributed by atoms with Gasteiger partial charge >= 0.3 is 0 Å². The number of rotatable bonds is 4. The van der Waals surface area contributed by atoms with E-state index in [0.29, 0.717) is 0 Å². The van der Waals surface area contributed by atoms with E-state index in [9.17, 15) is 5.11 Å². The minimum atomic E-state index is -0.473. The van der Waals surface area contributed by atoms with E-state index in [0.717, 1.165) is 23.6 Å². The number of aliphatic hydroxyl groups is 1. The SMILES string of the molecule is CCC1(CO)CC(SCc2ccccc2)=NO1. The molecule has 0 spiro atoms. The Hall–Kier alpha value is -1.00. The van der Waals surface area contributed by atoms with Gasteiger partial charge in [0.2, 0.25) is 0 Å². The lowest BCUT2D eigenvalue weighted by molar-refractivity contribution is -0.0591. The maximum absolute atomic E-state index is 9.31. The summed E-state index contributed by atoms with van der Waals surface area (Å²) in [4.78, 5) is 5.36. The number of benzene rings is 1. The van der Waals surface area contributed by atoms with Crippen LogP contribution in [0.1, 0.15) is 25.3 Å². The predicted octanol–water partition coefficient (Wildman–Crippen LogP) is 2.79. The third kappa shape index (κ3) is 3.01. The highest BCUT2D eigenvalue weighted by Crippen LogP contribution is 2.31. The van der Waals surface area contributed by atoms with Gasteiger partial charge in [-0.3, -0.25) is 0 Å². The van der Waals surface area contributed by atoms with Crippen LogP contribution in [0.2, 0.25) is 0 Å². The first-order chi connectivity index (χ1) is 8.28. The lowest BCUT2D eigenvalue weighted by atomic mass is 9.99. The van der Waals surface area contributed by atoms with Gasteiger partial charge in [0.1, 0.15) is 5.04 Å². The van der Waals surface area contributed by atoms with Crippen LogP contribution in [-0.2, 0) is 10.6 Å². The normalized spacial score (nSPS) is 23.3. The molecule has 0 bridgehead atoms. The van der Waals surface area contributed by atoms with Crippen molar-refractivity contribution in [2.45, 2.75) is 31.1 Å². The third-order valence-electron chi connectivity index (χ3n) is 3.00. The molecule has 0 saturated carbocycles. The summed E-state index contributed by atoms with van der Waals surface area (Å²) in [5, 5.41) is 14.4. The first-order valence-electron chi connectivity index (χ1n) is 5.80. The molecule has 1 aromatic carbocycles. The molecule has 4 heteroatoms. The second-order valence-electron chi connectivity index (χ2n) is 4.22. The molecule has 17 heavy (non-hydrogen) atoms. The quantitative estimate of drug-likeness (QED) is 0.894. The Morgan fingerprint density at radius 2 is 2.18 bits per heavy atom. The Balaban J connectivity index is 1.86. The first kappa shape index (κ1) is 12.5. The minimum absolute atomic E-state index is 0.0302. The van der Waals surface area contributed by atoms with Gasteiger partial charge in [0.25, 0.3) is 0 Å². The zero-order valence-corrected chi connectivity index (χ0v) is 10.7. The molecule has 92 valence electrons. The molecule has 0 saturated heterocycles. The van der Waals surface area contributed by atoms with Crippen LogP contribution in [0.3, 0.4) is 0 Å². The van der Waals surface area contributed by atoms with E-state index in [4.69, 9.17) is 4.84 Å². The lowest BCUT2D eigenvalue weighted by Crippen LogP contribution is -2.32. The fourth-order valence-electron chi connectivity index (χ4n) is 1.69. The van der Waals surface area contributed by atoms with Crippen LogP contribution in [-0.4, -0.2) is 22.4 Å². The van der Waals surface area contributed by atoms with Gasteiger partial charge in [-0.05, 0) is 12.0 Å². The molecule has 0 amide bonds. The van der Waals surface area contributed by atoms with Crippen molar-refractivity contribution in [1.82, 2.24) is 0 Å². The second kappa shape index (κ2) is 5.56. The highest BCUT2D eigenvalue weighted by molar-refractivity contribution is 8.13. The van der Waals surface area contributed by atoms with E-state index in [1.54, 1.807) is 11.8 Å². The van der Waals surface area contributed by atoms with E-state index in [1.165, 1.54) is 5.56 Å². The van der Waals surface area contributed by atoms with Gasteiger partial charge in [0, 0.05) is 12.2 Å². The second-order valence-corrected chi connectivity index (χ2v) is 5.27. The summed E-state index contributed by atoms with van der Waals surface area (Å²) in [6.07, 6.45) is 1.50. The van der Waals surface area contributed by atoms with Crippen LogP contribution in [0.15, 0.2) is 35.5 Å². The van der Waals surface area contributed by atoms with Gasteiger partial charge in [-0.25, -0.2) is 0 Å². The van der Waals surface area contributed by atoms with Crippen molar-refractivity contribution in [2.75, 3.05) is 6.61 Å². The van der Waals surface area contributed by atoms with Gasteiger partial charge in [0.05, 0.1) is 6.61 Å². The summed E-state index contributed by atoms with van der Waals surface area (Å²) in [5.41, 5.74) is 0.803. The standard InChI is InChI=1S/C13H17NO2S/c1-2-13(10-15)8-12(14-16-13)17-9-11-6-4-3-5-7-11/h3-7,15H,2,8-10H2,1H3. The van der Waals surface area contributed by atoms with Crippen molar-refractivity contribution in [1.29, 1.82) is 0 Å². The Labute approximate surface area is 106 Å². The fourth-order valence-corrected chi connectivity index (χ4v) is 2.67. The molecule has 0 fully saturated rings. The smallest absolute Gasteiger partial charge is 0.166 e. The highest BCUT2D eigenvalue weighted by Gasteiger charge is 2.36. The number of nitrogens with zero attached hydrogens (tertiary/aromatic N) is 1. The maximum Gasteiger partial charge on any atom is 0.166 e. The largest absolute Gasteiger partial charge is 0.392 e. The zero-order valence-electron chi connectivity index (χ0n) is 9.93. The van der Waals surface area contributed by atoms with Crippen LogP contribution in [0, 0.1) is 0 Å². The average Bonchev–Trinajstić information content (AvgIpc) is 2.82.